The van der Waals surface area contributed by atoms with Crippen molar-refractivity contribution in [3.05, 3.63) is 35.6 Å². The highest BCUT2D eigenvalue weighted by Crippen LogP contribution is 2.47. The minimum atomic E-state index is -0.121. The van der Waals surface area contributed by atoms with Crippen LogP contribution in [0.5, 0.6) is 0 Å². The fourth-order valence-electron chi connectivity index (χ4n) is 2.58. The second kappa shape index (κ2) is 3.56. The van der Waals surface area contributed by atoms with Gasteiger partial charge in [0.25, 0.3) is 0 Å². The lowest BCUT2D eigenvalue weighted by atomic mass is 10.0. The van der Waals surface area contributed by atoms with E-state index in [1.165, 1.54) is 18.9 Å². The van der Waals surface area contributed by atoms with Crippen molar-refractivity contribution < 1.29 is 4.39 Å². The molecule has 1 aromatic carbocycles. The van der Waals surface area contributed by atoms with Gasteiger partial charge in [-0.05, 0) is 56.2 Å². The van der Waals surface area contributed by atoms with E-state index in [4.69, 9.17) is 0 Å². The molecule has 0 radical (unpaired) electrons. The van der Waals surface area contributed by atoms with Crippen LogP contribution in [0.15, 0.2) is 24.3 Å². The molecule has 3 rings (SSSR count). The van der Waals surface area contributed by atoms with E-state index in [0.717, 1.165) is 24.3 Å². The molecule has 1 N–H and O–H groups in total. The Bertz CT molecular complexity index is 393. The lowest BCUT2D eigenvalue weighted by molar-refractivity contribution is 0.406. The van der Waals surface area contributed by atoms with Gasteiger partial charge in [-0.3, -0.25) is 0 Å². The summed E-state index contributed by atoms with van der Waals surface area (Å²) >= 11 is 0. The minimum Gasteiger partial charge on any atom is -0.305 e. The zero-order valence-corrected chi connectivity index (χ0v) is 9.67. The number of benzene rings is 1. The molecule has 1 unspecified atom stereocenters. The van der Waals surface area contributed by atoms with Crippen LogP contribution in [0.1, 0.15) is 38.2 Å². The molecule has 16 heavy (non-hydrogen) atoms. The van der Waals surface area contributed by atoms with Crippen LogP contribution < -0.4 is 5.32 Å². The van der Waals surface area contributed by atoms with Crippen LogP contribution in [0, 0.1) is 11.7 Å². The summed E-state index contributed by atoms with van der Waals surface area (Å²) in [4.78, 5) is 0. The van der Waals surface area contributed by atoms with Crippen LogP contribution in [0.4, 0.5) is 4.39 Å². The first-order valence-corrected chi connectivity index (χ1v) is 6.23. The van der Waals surface area contributed by atoms with Gasteiger partial charge >= 0.3 is 0 Å². The van der Waals surface area contributed by atoms with Gasteiger partial charge in [0.1, 0.15) is 5.82 Å². The summed E-state index contributed by atoms with van der Waals surface area (Å²) in [6, 6.07) is 7.63. The molecule has 0 spiro atoms. The molecule has 1 atom stereocenters. The number of rotatable bonds is 4. The van der Waals surface area contributed by atoms with E-state index in [2.05, 4.69) is 12.2 Å². The molecular weight excluding hydrogens is 201 g/mol. The van der Waals surface area contributed by atoms with Gasteiger partial charge in [0.15, 0.2) is 0 Å². The highest BCUT2D eigenvalue weighted by atomic mass is 19.1. The molecule has 1 aromatic rings. The van der Waals surface area contributed by atoms with E-state index in [1.807, 2.05) is 12.1 Å². The Labute approximate surface area is 96.1 Å². The predicted octanol–water partition coefficient (Wildman–Crippen LogP) is 3.20. The summed E-state index contributed by atoms with van der Waals surface area (Å²) in [5.74, 6) is 0.732. The van der Waals surface area contributed by atoms with Crippen molar-refractivity contribution in [1.29, 1.82) is 0 Å². The number of hydrogen-bond acceptors (Lipinski definition) is 1. The first kappa shape index (κ1) is 10.3. The maximum absolute atomic E-state index is 13.2. The van der Waals surface area contributed by atoms with Gasteiger partial charge in [0.05, 0.1) is 0 Å². The quantitative estimate of drug-likeness (QED) is 0.820. The van der Waals surface area contributed by atoms with E-state index in [1.54, 1.807) is 6.07 Å². The Kier molecular flexibility index (Phi) is 2.28. The molecule has 1 nitrogen and oxygen atoms in total. The number of nitrogens with one attached hydrogen (secondary N) is 1. The zero-order chi connectivity index (χ0) is 11.2. The van der Waals surface area contributed by atoms with E-state index in [-0.39, 0.29) is 11.4 Å². The molecule has 2 saturated carbocycles. The predicted molar refractivity (Wildman–Crippen MR) is 62.6 cm³/mol. The first-order chi connectivity index (χ1) is 7.70. The summed E-state index contributed by atoms with van der Waals surface area (Å²) in [6.45, 7) is 2.26. The fraction of sp³-hybridized carbons (Fsp3) is 0.571. The molecule has 2 aliphatic rings. The van der Waals surface area contributed by atoms with Crippen molar-refractivity contribution in [2.24, 2.45) is 5.92 Å². The standard InChI is InChI=1S/C14H18FN/c1-10(11-5-6-11)16-14(7-8-14)12-3-2-4-13(15)9-12/h2-4,9-11,16H,5-8H2,1H3. The van der Waals surface area contributed by atoms with E-state index < -0.39 is 0 Å². The van der Waals surface area contributed by atoms with Crippen LogP contribution in [0.3, 0.4) is 0 Å². The van der Waals surface area contributed by atoms with Crippen LogP contribution in [0.25, 0.3) is 0 Å². The van der Waals surface area contributed by atoms with Crippen LogP contribution >= 0.6 is 0 Å². The lowest BCUT2D eigenvalue weighted by Gasteiger charge is -2.23. The highest BCUT2D eigenvalue weighted by molar-refractivity contribution is 5.30. The normalized spacial score (nSPS) is 24.1. The molecule has 0 saturated heterocycles. The molecule has 0 heterocycles. The maximum atomic E-state index is 13.2. The third kappa shape index (κ3) is 1.86. The minimum absolute atomic E-state index is 0.0874. The van der Waals surface area contributed by atoms with Gasteiger partial charge in [-0.2, -0.15) is 0 Å². The van der Waals surface area contributed by atoms with E-state index in [0.29, 0.717) is 6.04 Å². The molecule has 0 bridgehead atoms. The largest absolute Gasteiger partial charge is 0.305 e. The van der Waals surface area contributed by atoms with Gasteiger partial charge < -0.3 is 5.32 Å². The summed E-state index contributed by atoms with van der Waals surface area (Å²) in [5, 5.41) is 3.71. The Morgan fingerprint density at radius 3 is 2.69 bits per heavy atom. The van der Waals surface area contributed by atoms with Gasteiger partial charge in [-0.1, -0.05) is 12.1 Å². The Hall–Kier alpha value is -0.890. The van der Waals surface area contributed by atoms with Crippen molar-refractivity contribution in [2.45, 2.75) is 44.2 Å². The van der Waals surface area contributed by atoms with Crippen LogP contribution in [-0.4, -0.2) is 6.04 Å². The van der Waals surface area contributed by atoms with Crippen molar-refractivity contribution >= 4 is 0 Å². The third-order valence-corrected chi connectivity index (χ3v) is 3.96. The summed E-state index contributed by atoms with van der Waals surface area (Å²) < 4.78 is 13.2. The zero-order valence-electron chi connectivity index (χ0n) is 9.67. The molecule has 0 aromatic heterocycles. The molecular formula is C14H18FN. The van der Waals surface area contributed by atoms with Crippen LogP contribution in [-0.2, 0) is 5.54 Å². The van der Waals surface area contributed by atoms with Crippen molar-refractivity contribution in [3.8, 4) is 0 Å². The molecule has 2 fully saturated rings. The lowest BCUT2D eigenvalue weighted by Crippen LogP contribution is -2.37. The fourth-order valence-corrected chi connectivity index (χ4v) is 2.58. The maximum Gasteiger partial charge on any atom is 0.123 e. The Balaban J connectivity index is 1.77. The Morgan fingerprint density at radius 2 is 2.12 bits per heavy atom. The molecule has 2 aliphatic carbocycles. The SMILES string of the molecule is CC(NC1(c2cccc(F)c2)CC1)C1CC1. The molecule has 2 heteroatoms. The monoisotopic (exact) mass is 219 g/mol. The highest BCUT2D eigenvalue weighted by Gasteiger charge is 2.46. The second-order valence-electron chi connectivity index (χ2n) is 5.36. The first-order valence-electron chi connectivity index (χ1n) is 6.23. The number of hydrogen-bond donors (Lipinski definition) is 1. The van der Waals surface area contributed by atoms with Gasteiger partial charge in [-0.25, -0.2) is 4.39 Å². The topological polar surface area (TPSA) is 12.0 Å². The average molecular weight is 219 g/mol. The number of halogens is 1. The van der Waals surface area contributed by atoms with Gasteiger partial charge in [-0.15, -0.1) is 0 Å². The summed E-state index contributed by atoms with van der Waals surface area (Å²) in [7, 11) is 0. The summed E-state index contributed by atoms with van der Waals surface area (Å²) in [6.07, 6.45) is 5.00. The smallest absolute Gasteiger partial charge is 0.123 e. The average Bonchev–Trinajstić information content (AvgIpc) is 3.13. The van der Waals surface area contributed by atoms with Crippen LogP contribution in [0.2, 0.25) is 0 Å². The molecule has 0 aliphatic heterocycles. The van der Waals surface area contributed by atoms with E-state index in [9.17, 15) is 4.39 Å². The van der Waals surface area contributed by atoms with Gasteiger partial charge in [0.2, 0.25) is 0 Å². The third-order valence-electron chi connectivity index (χ3n) is 3.96. The molecule has 0 amide bonds. The van der Waals surface area contributed by atoms with Crippen molar-refractivity contribution in [3.63, 3.8) is 0 Å². The Morgan fingerprint density at radius 1 is 1.38 bits per heavy atom. The van der Waals surface area contributed by atoms with Crippen molar-refractivity contribution in [2.75, 3.05) is 0 Å². The van der Waals surface area contributed by atoms with E-state index >= 15 is 0 Å². The summed E-state index contributed by atoms with van der Waals surface area (Å²) in [5.41, 5.74) is 1.21. The van der Waals surface area contributed by atoms with Gasteiger partial charge in [0, 0.05) is 11.6 Å². The molecule has 86 valence electrons. The van der Waals surface area contributed by atoms with Crippen molar-refractivity contribution in [1.82, 2.24) is 5.32 Å². The second-order valence-corrected chi connectivity index (χ2v) is 5.36.